The van der Waals surface area contributed by atoms with Gasteiger partial charge in [0.25, 0.3) is 5.91 Å². The van der Waals surface area contributed by atoms with E-state index < -0.39 is 0 Å². The lowest BCUT2D eigenvalue weighted by atomic mass is 10.1. The first-order valence-corrected chi connectivity index (χ1v) is 7.45. The van der Waals surface area contributed by atoms with E-state index in [9.17, 15) is 4.79 Å². The number of fused-ring (bicyclic) bond motifs is 1. The first-order valence-electron chi connectivity index (χ1n) is 7.45. The molecule has 4 rings (SSSR count). The molecule has 8 nitrogen and oxygen atoms in total. The first-order chi connectivity index (χ1) is 11.1. The molecule has 0 spiro atoms. The molecule has 0 unspecified atom stereocenters. The molecule has 1 fully saturated rings. The molecular formula is C15H17N7O. The second-order valence-corrected chi connectivity index (χ2v) is 5.77. The largest absolute Gasteiger partial charge is 0.344 e. The van der Waals surface area contributed by atoms with E-state index >= 15 is 0 Å². The van der Waals surface area contributed by atoms with Crippen LogP contribution in [0.3, 0.4) is 0 Å². The predicted octanol–water partition coefficient (Wildman–Crippen LogP) is 0.320. The number of carbonyl (C=O) groups excluding carboxylic acids is 1. The minimum Gasteiger partial charge on any atom is -0.344 e. The van der Waals surface area contributed by atoms with Gasteiger partial charge in [-0.15, -0.1) is 0 Å². The van der Waals surface area contributed by atoms with E-state index in [1.807, 2.05) is 23.7 Å². The van der Waals surface area contributed by atoms with Gasteiger partial charge in [0, 0.05) is 39.6 Å². The van der Waals surface area contributed by atoms with Crippen molar-refractivity contribution in [1.82, 2.24) is 29.6 Å². The summed E-state index contributed by atoms with van der Waals surface area (Å²) in [5.74, 6) is 0.740. The van der Waals surface area contributed by atoms with Gasteiger partial charge in [-0.25, -0.2) is 9.97 Å². The van der Waals surface area contributed by atoms with Crippen molar-refractivity contribution in [2.24, 2.45) is 14.1 Å². The third-order valence-corrected chi connectivity index (χ3v) is 4.05. The van der Waals surface area contributed by atoms with Crippen LogP contribution >= 0.6 is 0 Å². The number of amides is 1. The number of carbonyl (C=O) groups is 1. The van der Waals surface area contributed by atoms with Crippen LogP contribution in [0.4, 0.5) is 5.95 Å². The molecule has 3 aromatic heterocycles. The highest BCUT2D eigenvalue weighted by molar-refractivity contribution is 5.92. The number of aromatic nitrogens is 5. The molecule has 8 heteroatoms. The summed E-state index contributed by atoms with van der Waals surface area (Å²) in [6, 6.07) is 5.65. The fourth-order valence-electron chi connectivity index (χ4n) is 2.82. The zero-order valence-corrected chi connectivity index (χ0v) is 13.0. The van der Waals surface area contributed by atoms with Crippen LogP contribution in [0.15, 0.2) is 30.6 Å². The number of imidazole rings is 1. The summed E-state index contributed by atoms with van der Waals surface area (Å²) in [7, 11) is 3.75. The van der Waals surface area contributed by atoms with Crippen molar-refractivity contribution in [2.45, 2.75) is 6.04 Å². The molecule has 1 aliphatic heterocycles. The smallest absolute Gasteiger partial charge is 0.272 e. The molecule has 1 amide bonds. The molecule has 23 heavy (non-hydrogen) atoms. The number of anilines is 1. The SMILES string of the molecule is Cn1ccc(C(=O)NC2CN(c3nc4cccnc4n3C)C2)n1. The van der Waals surface area contributed by atoms with E-state index in [1.54, 1.807) is 30.2 Å². The Morgan fingerprint density at radius 1 is 1.30 bits per heavy atom. The fraction of sp³-hybridized carbons (Fsp3) is 0.333. The maximum Gasteiger partial charge on any atom is 0.272 e. The Labute approximate surface area is 132 Å². The van der Waals surface area contributed by atoms with E-state index in [0.717, 1.165) is 30.2 Å². The standard InChI is InChI=1S/C15H17N7O/c1-20-7-5-12(19-20)14(23)17-10-8-22(9-10)15-18-11-4-3-6-16-13(11)21(15)2/h3-7,10H,8-9H2,1-2H3,(H,17,23). The Bertz CT molecular complexity index is 875. The second-order valence-electron chi connectivity index (χ2n) is 5.77. The molecule has 1 N–H and O–H groups in total. The van der Waals surface area contributed by atoms with Crippen LogP contribution in [0.2, 0.25) is 0 Å². The average molecular weight is 311 g/mol. The van der Waals surface area contributed by atoms with Gasteiger partial charge in [-0.3, -0.25) is 14.0 Å². The summed E-state index contributed by atoms with van der Waals surface area (Å²) >= 11 is 0. The zero-order valence-electron chi connectivity index (χ0n) is 13.0. The Hall–Kier alpha value is -2.90. The molecule has 0 radical (unpaired) electrons. The third kappa shape index (κ3) is 2.32. The lowest BCUT2D eigenvalue weighted by Gasteiger charge is -2.39. The lowest BCUT2D eigenvalue weighted by Crippen LogP contribution is -2.60. The molecule has 118 valence electrons. The molecule has 0 aliphatic carbocycles. The molecule has 0 atom stereocenters. The Morgan fingerprint density at radius 3 is 2.83 bits per heavy atom. The highest BCUT2D eigenvalue weighted by atomic mass is 16.2. The van der Waals surface area contributed by atoms with Crippen LogP contribution in [0, 0.1) is 0 Å². The van der Waals surface area contributed by atoms with Crippen molar-refractivity contribution in [3.63, 3.8) is 0 Å². The molecule has 4 heterocycles. The van der Waals surface area contributed by atoms with Gasteiger partial charge in [-0.05, 0) is 18.2 Å². The van der Waals surface area contributed by atoms with Gasteiger partial charge in [0.15, 0.2) is 5.65 Å². The highest BCUT2D eigenvalue weighted by Crippen LogP contribution is 2.23. The van der Waals surface area contributed by atoms with Crippen molar-refractivity contribution in [2.75, 3.05) is 18.0 Å². The molecule has 1 aliphatic rings. The van der Waals surface area contributed by atoms with Gasteiger partial charge in [0.1, 0.15) is 11.2 Å². The Morgan fingerprint density at radius 2 is 2.13 bits per heavy atom. The van der Waals surface area contributed by atoms with Crippen molar-refractivity contribution in [1.29, 1.82) is 0 Å². The Balaban J connectivity index is 1.43. The van der Waals surface area contributed by atoms with Crippen LogP contribution < -0.4 is 10.2 Å². The van der Waals surface area contributed by atoms with Crippen LogP contribution in [-0.2, 0) is 14.1 Å². The third-order valence-electron chi connectivity index (χ3n) is 4.05. The van der Waals surface area contributed by atoms with E-state index in [-0.39, 0.29) is 11.9 Å². The number of hydrogen-bond donors (Lipinski definition) is 1. The quantitative estimate of drug-likeness (QED) is 0.753. The summed E-state index contributed by atoms with van der Waals surface area (Å²) in [6.45, 7) is 1.46. The minimum absolute atomic E-state index is 0.109. The van der Waals surface area contributed by atoms with E-state index in [2.05, 4.69) is 25.3 Å². The van der Waals surface area contributed by atoms with Crippen molar-refractivity contribution in [3.05, 3.63) is 36.3 Å². The van der Waals surface area contributed by atoms with Gasteiger partial charge in [0.05, 0.1) is 6.04 Å². The highest BCUT2D eigenvalue weighted by Gasteiger charge is 2.31. The van der Waals surface area contributed by atoms with E-state index in [0.29, 0.717) is 5.69 Å². The van der Waals surface area contributed by atoms with Crippen LogP contribution in [0.1, 0.15) is 10.5 Å². The number of pyridine rings is 1. The number of nitrogens with one attached hydrogen (secondary N) is 1. The minimum atomic E-state index is -0.137. The molecule has 3 aromatic rings. The topological polar surface area (TPSA) is 80.9 Å². The summed E-state index contributed by atoms with van der Waals surface area (Å²) in [5, 5.41) is 7.10. The van der Waals surface area contributed by atoms with Crippen molar-refractivity contribution >= 4 is 23.0 Å². The van der Waals surface area contributed by atoms with E-state index in [4.69, 9.17) is 0 Å². The van der Waals surface area contributed by atoms with Crippen LogP contribution in [-0.4, -0.2) is 49.4 Å². The van der Waals surface area contributed by atoms with Gasteiger partial charge < -0.3 is 10.2 Å². The normalized spacial score (nSPS) is 15.0. The number of nitrogens with zero attached hydrogens (tertiary/aromatic N) is 6. The molecule has 0 bridgehead atoms. The van der Waals surface area contributed by atoms with Crippen LogP contribution in [0.5, 0.6) is 0 Å². The van der Waals surface area contributed by atoms with Gasteiger partial charge in [-0.1, -0.05) is 0 Å². The van der Waals surface area contributed by atoms with Gasteiger partial charge in [-0.2, -0.15) is 5.10 Å². The zero-order chi connectivity index (χ0) is 16.0. The van der Waals surface area contributed by atoms with Crippen LogP contribution in [0.25, 0.3) is 11.2 Å². The number of aryl methyl sites for hydroxylation is 2. The van der Waals surface area contributed by atoms with E-state index in [1.165, 1.54) is 0 Å². The summed E-state index contributed by atoms with van der Waals surface area (Å²) in [5.41, 5.74) is 2.19. The summed E-state index contributed by atoms with van der Waals surface area (Å²) < 4.78 is 3.60. The lowest BCUT2D eigenvalue weighted by molar-refractivity contribution is 0.0924. The molecule has 0 aromatic carbocycles. The van der Waals surface area contributed by atoms with Gasteiger partial charge >= 0.3 is 0 Å². The molecular weight excluding hydrogens is 294 g/mol. The van der Waals surface area contributed by atoms with Crippen molar-refractivity contribution in [3.8, 4) is 0 Å². The monoisotopic (exact) mass is 311 g/mol. The van der Waals surface area contributed by atoms with Crippen molar-refractivity contribution < 1.29 is 4.79 Å². The Kier molecular flexibility index (Phi) is 3.03. The summed E-state index contributed by atoms with van der Waals surface area (Å²) in [6.07, 6.45) is 3.52. The van der Waals surface area contributed by atoms with Gasteiger partial charge in [0.2, 0.25) is 5.95 Å². The molecule has 1 saturated heterocycles. The number of hydrogen-bond acceptors (Lipinski definition) is 5. The predicted molar refractivity (Wildman–Crippen MR) is 85.2 cm³/mol. The second kappa shape index (κ2) is 5.08. The number of rotatable bonds is 3. The average Bonchev–Trinajstić information content (AvgIpc) is 3.07. The summed E-state index contributed by atoms with van der Waals surface area (Å²) in [4.78, 5) is 23.2. The maximum atomic E-state index is 12.1. The maximum absolute atomic E-state index is 12.1. The fourth-order valence-corrected chi connectivity index (χ4v) is 2.82. The first kappa shape index (κ1) is 13.7. The molecule has 0 saturated carbocycles.